The van der Waals surface area contributed by atoms with Gasteiger partial charge in [0.1, 0.15) is 11.6 Å². The fourth-order valence-corrected chi connectivity index (χ4v) is 3.29. The molecular weight excluding hydrogens is 486 g/mol. The summed E-state index contributed by atoms with van der Waals surface area (Å²) >= 11 is 0. The van der Waals surface area contributed by atoms with Crippen LogP contribution >= 0.6 is 0 Å². The van der Waals surface area contributed by atoms with E-state index < -0.39 is 35.9 Å². The molecule has 1 aromatic carbocycles. The van der Waals surface area contributed by atoms with E-state index in [1.807, 2.05) is 27.7 Å². The van der Waals surface area contributed by atoms with Gasteiger partial charge >= 0.3 is 24.2 Å². The highest BCUT2D eigenvalue weighted by Crippen LogP contribution is 2.31. The Morgan fingerprint density at radius 3 is 2.03 bits per heavy atom. The minimum absolute atomic E-state index is 0.117. The Labute approximate surface area is 217 Å². The van der Waals surface area contributed by atoms with Gasteiger partial charge in [0.25, 0.3) is 0 Å². The highest BCUT2D eigenvalue weighted by Gasteiger charge is 2.37. The van der Waals surface area contributed by atoms with Gasteiger partial charge in [-0.3, -0.25) is 9.59 Å². The average molecular weight is 526 g/mol. The molecule has 11 heteroatoms. The van der Waals surface area contributed by atoms with Crippen LogP contribution in [0.5, 0.6) is 11.5 Å². The molecule has 3 N–H and O–H groups in total. The van der Waals surface area contributed by atoms with Crippen LogP contribution in [0.4, 0.5) is 9.59 Å². The van der Waals surface area contributed by atoms with Crippen molar-refractivity contribution < 1.29 is 48.0 Å². The summed E-state index contributed by atoms with van der Waals surface area (Å²) in [7, 11) is 0. The highest BCUT2D eigenvalue weighted by atomic mass is 16.7. The number of ether oxygens (including phenoxy) is 5. The maximum Gasteiger partial charge on any atom is 0.513 e. The lowest BCUT2D eigenvalue weighted by atomic mass is 9.86. The number of rotatable bonds is 15. The van der Waals surface area contributed by atoms with E-state index in [-0.39, 0.29) is 49.9 Å². The van der Waals surface area contributed by atoms with Gasteiger partial charge in [0.05, 0.1) is 13.2 Å². The molecule has 2 unspecified atom stereocenters. The average Bonchev–Trinajstić information content (AvgIpc) is 2.82. The molecule has 0 fully saturated rings. The van der Waals surface area contributed by atoms with Crippen LogP contribution in [-0.4, -0.2) is 54.2 Å². The Bertz CT molecular complexity index is 919. The van der Waals surface area contributed by atoms with Gasteiger partial charge in [0, 0.05) is 19.3 Å². The first kappa shape index (κ1) is 31.7. The van der Waals surface area contributed by atoms with E-state index in [1.165, 1.54) is 18.2 Å². The van der Waals surface area contributed by atoms with E-state index in [1.54, 1.807) is 6.92 Å². The summed E-state index contributed by atoms with van der Waals surface area (Å²) in [5.74, 6) is -1.88. The monoisotopic (exact) mass is 525 g/mol. The van der Waals surface area contributed by atoms with Crippen molar-refractivity contribution in [3.8, 4) is 11.5 Å². The molecular formula is C26H39NO10. The van der Waals surface area contributed by atoms with Gasteiger partial charge in [0.2, 0.25) is 0 Å². The van der Waals surface area contributed by atoms with E-state index in [4.69, 9.17) is 29.4 Å². The third-order valence-electron chi connectivity index (χ3n) is 5.38. The minimum atomic E-state index is -1.81. The normalized spacial score (nSPS) is 14.0. The highest BCUT2D eigenvalue weighted by molar-refractivity contribution is 5.79. The molecule has 0 aliphatic carbocycles. The Kier molecular flexibility index (Phi) is 13.4. The fraction of sp³-hybridized carbons (Fsp3) is 0.615. The first-order valence-electron chi connectivity index (χ1n) is 12.5. The number of hydrogen-bond acceptors (Lipinski definition) is 10. The summed E-state index contributed by atoms with van der Waals surface area (Å²) in [6, 6.07) is 4.15. The van der Waals surface area contributed by atoms with E-state index >= 15 is 0 Å². The van der Waals surface area contributed by atoms with E-state index in [2.05, 4.69) is 0 Å². The Morgan fingerprint density at radius 1 is 0.946 bits per heavy atom. The first-order chi connectivity index (χ1) is 17.4. The SMILES string of the molecule is CCCOC(=O)Oc1ccc(CC(N)(C[C@H](C)OC(=O)CC(C)CC)C(=O)O)cc1OC(=O)OCCC. The molecule has 1 rings (SSSR count). The maximum absolute atomic E-state index is 12.1. The first-order valence-corrected chi connectivity index (χ1v) is 12.5. The molecule has 0 saturated carbocycles. The quantitative estimate of drug-likeness (QED) is 0.187. The second-order valence-corrected chi connectivity index (χ2v) is 9.04. The number of esters is 1. The molecule has 11 nitrogen and oxygen atoms in total. The zero-order valence-corrected chi connectivity index (χ0v) is 22.2. The van der Waals surface area contributed by atoms with Crippen molar-refractivity contribution in [1.29, 1.82) is 0 Å². The van der Waals surface area contributed by atoms with Gasteiger partial charge < -0.3 is 34.5 Å². The molecule has 0 amide bonds. The number of hydrogen-bond donors (Lipinski definition) is 2. The Hall–Kier alpha value is -3.34. The summed E-state index contributed by atoms with van der Waals surface area (Å²) in [5.41, 5.74) is 4.80. The molecule has 0 bridgehead atoms. The predicted molar refractivity (Wildman–Crippen MR) is 133 cm³/mol. The lowest BCUT2D eigenvalue weighted by molar-refractivity contribution is -0.154. The second-order valence-electron chi connectivity index (χ2n) is 9.04. The van der Waals surface area contributed by atoms with Crippen LogP contribution < -0.4 is 15.2 Å². The van der Waals surface area contributed by atoms with Gasteiger partial charge in [-0.15, -0.1) is 0 Å². The van der Waals surface area contributed by atoms with Crippen molar-refractivity contribution >= 4 is 24.2 Å². The maximum atomic E-state index is 12.1. The van der Waals surface area contributed by atoms with Crippen LogP contribution in [0, 0.1) is 5.92 Å². The lowest BCUT2D eigenvalue weighted by Gasteiger charge is -2.28. The molecule has 208 valence electrons. The number of nitrogens with two attached hydrogens (primary N) is 1. The van der Waals surface area contributed by atoms with Crippen molar-refractivity contribution in [2.24, 2.45) is 11.7 Å². The Morgan fingerprint density at radius 2 is 1.51 bits per heavy atom. The Balaban J connectivity index is 3.11. The van der Waals surface area contributed by atoms with Crippen LogP contribution in [0.3, 0.4) is 0 Å². The molecule has 0 radical (unpaired) electrons. The van der Waals surface area contributed by atoms with Crippen LogP contribution in [0.2, 0.25) is 0 Å². The van der Waals surface area contributed by atoms with E-state index in [9.17, 15) is 24.3 Å². The van der Waals surface area contributed by atoms with Crippen molar-refractivity contribution in [3.63, 3.8) is 0 Å². The third-order valence-corrected chi connectivity index (χ3v) is 5.38. The number of carbonyl (C=O) groups excluding carboxylic acids is 3. The molecule has 3 atom stereocenters. The van der Waals surface area contributed by atoms with Crippen LogP contribution in [0.25, 0.3) is 0 Å². The minimum Gasteiger partial charge on any atom is -0.480 e. The van der Waals surface area contributed by atoms with Gasteiger partial charge in [-0.25, -0.2) is 9.59 Å². The molecule has 0 saturated heterocycles. The van der Waals surface area contributed by atoms with Crippen molar-refractivity contribution in [1.82, 2.24) is 0 Å². The van der Waals surface area contributed by atoms with Gasteiger partial charge in [-0.1, -0.05) is 40.2 Å². The van der Waals surface area contributed by atoms with Gasteiger partial charge in [0.15, 0.2) is 11.5 Å². The van der Waals surface area contributed by atoms with Gasteiger partial charge in [-0.2, -0.15) is 0 Å². The summed E-state index contributed by atoms with van der Waals surface area (Å²) in [5, 5.41) is 9.87. The zero-order chi connectivity index (χ0) is 28.0. The molecule has 37 heavy (non-hydrogen) atoms. The number of benzene rings is 1. The van der Waals surface area contributed by atoms with Crippen molar-refractivity contribution in [2.75, 3.05) is 13.2 Å². The number of carboxylic acids is 1. The summed E-state index contributed by atoms with van der Waals surface area (Å²) in [6.07, 6.45) is -0.947. The van der Waals surface area contributed by atoms with Crippen molar-refractivity contribution in [3.05, 3.63) is 23.8 Å². The second kappa shape index (κ2) is 15.7. The number of aliphatic carboxylic acids is 1. The topological polar surface area (TPSA) is 161 Å². The molecule has 0 spiro atoms. The summed E-state index contributed by atoms with van der Waals surface area (Å²) in [4.78, 5) is 48.2. The van der Waals surface area contributed by atoms with E-state index in [0.29, 0.717) is 18.4 Å². The zero-order valence-electron chi connectivity index (χ0n) is 22.2. The molecule has 0 heterocycles. The predicted octanol–water partition coefficient (Wildman–Crippen LogP) is 4.62. The molecule has 0 aliphatic rings. The number of carboxylic acid groups (broad SMARTS) is 1. The molecule has 0 aromatic heterocycles. The summed E-state index contributed by atoms with van der Waals surface area (Å²) in [6.45, 7) is 9.34. The van der Waals surface area contributed by atoms with Crippen LogP contribution in [0.15, 0.2) is 18.2 Å². The molecule has 1 aromatic rings. The standard InChI is InChI=1S/C26H39NO10/c1-6-11-33-24(31)36-20-10-9-19(14-21(20)37-25(32)34-12-7-2)16-26(27,23(29)30)15-18(5)35-22(28)13-17(4)8-3/h9-10,14,17-18H,6-8,11-13,15-16,27H2,1-5H3,(H,29,30)/t17?,18-,26?/m0/s1. The number of carbonyl (C=O) groups is 4. The smallest absolute Gasteiger partial charge is 0.480 e. The van der Waals surface area contributed by atoms with Crippen LogP contribution in [0.1, 0.15) is 72.3 Å². The third kappa shape index (κ3) is 11.5. The van der Waals surface area contributed by atoms with Gasteiger partial charge in [-0.05, 0) is 43.4 Å². The van der Waals surface area contributed by atoms with E-state index in [0.717, 1.165) is 6.42 Å². The summed E-state index contributed by atoms with van der Waals surface area (Å²) < 4.78 is 25.5. The largest absolute Gasteiger partial charge is 0.513 e. The van der Waals surface area contributed by atoms with Crippen LogP contribution in [-0.2, 0) is 30.2 Å². The fourth-order valence-electron chi connectivity index (χ4n) is 3.29. The molecule has 0 aliphatic heterocycles. The van der Waals surface area contributed by atoms with Crippen molar-refractivity contribution in [2.45, 2.75) is 84.8 Å². The lowest BCUT2D eigenvalue weighted by Crippen LogP contribution is -2.52.